The fourth-order valence-electron chi connectivity index (χ4n) is 4.42. The van der Waals surface area contributed by atoms with E-state index in [1.54, 1.807) is 14.2 Å². The average Bonchev–Trinajstić information content (AvgIpc) is 3.11. The summed E-state index contributed by atoms with van der Waals surface area (Å²) in [7, 11) is 3.31. The normalized spacial score (nSPS) is 26.5. The Morgan fingerprint density at radius 3 is 2.62 bits per heavy atom. The predicted octanol–water partition coefficient (Wildman–Crippen LogP) is 3.54. The van der Waals surface area contributed by atoms with Crippen LogP contribution < -0.4 is 14.8 Å². The lowest BCUT2D eigenvalue weighted by molar-refractivity contribution is -0.123. The first-order valence-electron chi connectivity index (χ1n) is 9.87. The van der Waals surface area contributed by atoms with E-state index in [-0.39, 0.29) is 11.9 Å². The van der Waals surface area contributed by atoms with Crippen LogP contribution >= 0.6 is 0 Å². The molecule has 0 radical (unpaired) electrons. The van der Waals surface area contributed by atoms with Crippen LogP contribution in [-0.4, -0.2) is 44.2 Å². The van der Waals surface area contributed by atoms with Crippen LogP contribution in [-0.2, 0) is 4.79 Å². The molecule has 0 spiro atoms. The highest BCUT2D eigenvalue weighted by atomic mass is 16.5. The lowest BCUT2D eigenvalue weighted by atomic mass is 9.86. The van der Waals surface area contributed by atoms with Crippen molar-refractivity contribution in [2.75, 3.05) is 27.3 Å². The monoisotopic (exact) mass is 360 g/mol. The van der Waals surface area contributed by atoms with E-state index < -0.39 is 0 Å². The molecule has 3 atom stereocenters. The van der Waals surface area contributed by atoms with Crippen LogP contribution in [0.15, 0.2) is 18.2 Å². The third-order valence-electron chi connectivity index (χ3n) is 5.96. The summed E-state index contributed by atoms with van der Waals surface area (Å²) >= 11 is 0. The van der Waals surface area contributed by atoms with Crippen molar-refractivity contribution in [3.8, 4) is 11.5 Å². The fraction of sp³-hybridized carbons (Fsp3) is 0.667. The number of amides is 1. The van der Waals surface area contributed by atoms with E-state index >= 15 is 0 Å². The molecule has 1 aliphatic carbocycles. The van der Waals surface area contributed by atoms with E-state index in [0.29, 0.717) is 18.5 Å². The number of ether oxygens (including phenoxy) is 2. The standard InChI is InChI=1S/C21H32N2O3/c1-15-7-4-5-8-17(15)22-21(24)14-23-12-6-9-18(23)16-10-11-19(25-2)20(13-16)26-3/h10-11,13,15,17-18H,4-9,12,14H2,1-3H3,(H,22,24). The molecule has 1 N–H and O–H groups in total. The first-order valence-corrected chi connectivity index (χ1v) is 9.87. The van der Waals surface area contributed by atoms with Gasteiger partial charge in [-0.1, -0.05) is 25.8 Å². The summed E-state index contributed by atoms with van der Waals surface area (Å²) < 4.78 is 10.8. The smallest absolute Gasteiger partial charge is 0.234 e. The van der Waals surface area contributed by atoms with Crippen LogP contribution in [0.3, 0.4) is 0 Å². The van der Waals surface area contributed by atoms with Crippen molar-refractivity contribution in [1.82, 2.24) is 10.2 Å². The largest absolute Gasteiger partial charge is 0.493 e. The SMILES string of the molecule is COc1ccc(C2CCCN2CC(=O)NC2CCCCC2C)cc1OC. The van der Waals surface area contributed by atoms with Gasteiger partial charge in [0.25, 0.3) is 0 Å². The molecular formula is C21H32N2O3. The number of methoxy groups -OCH3 is 2. The Labute approximate surface area is 157 Å². The number of nitrogens with one attached hydrogen (secondary N) is 1. The molecule has 5 nitrogen and oxygen atoms in total. The van der Waals surface area contributed by atoms with E-state index in [9.17, 15) is 4.79 Å². The molecule has 1 aromatic carbocycles. The van der Waals surface area contributed by atoms with E-state index in [1.807, 2.05) is 12.1 Å². The molecule has 1 saturated heterocycles. The minimum absolute atomic E-state index is 0.163. The molecule has 2 aliphatic rings. The maximum absolute atomic E-state index is 12.6. The van der Waals surface area contributed by atoms with Gasteiger partial charge in [-0.25, -0.2) is 0 Å². The Balaban J connectivity index is 1.63. The van der Waals surface area contributed by atoms with Gasteiger partial charge in [0.05, 0.1) is 20.8 Å². The Bertz CT molecular complexity index is 619. The molecule has 5 heteroatoms. The van der Waals surface area contributed by atoms with Gasteiger partial charge in [-0.05, 0) is 55.8 Å². The summed E-state index contributed by atoms with van der Waals surface area (Å²) in [6.07, 6.45) is 7.05. The number of carbonyl (C=O) groups excluding carboxylic acids is 1. The molecule has 26 heavy (non-hydrogen) atoms. The minimum Gasteiger partial charge on any atom is -0.493 e. The van der Waals surface area contributed by atoms with Crippen molar-refractivity contribution in [1.29, 1.82) is 0 Å². The summed E-state index contributed by atoms with van der Waals surface area (Å²) in [4.78, 5) is 14.9. The zero-order valence-corrected chi connectivity index (χ0v) is 16.3. The number of hydrogen-bond donors (Lipinski definition) is 1. The second-order valence-electron chi connectivity index (χ2n) is 7.68. The van der Waals surface area contributed by atoms with Crippen molar-refractivity contribution in [2.45, 2.75) is 57.5 Å². The second-order valence-corrected chi connectivity index (χ2v) is 7.68. The van der Waals surface area contributed by atoms with Gasteiger partial charge in [-0.2, -0.15) is 0 Å². The van der Waals surface area contributed by atoms with E-state index in [2.05, 4.69) is 23.2 Å². The predicted molar refractivity (Wildman–Crippen MR) is 103 cm³/mol. The molecule has 3 rings (SSSR count). The average molecular weight is 360 g/mol. The zero-order chi connectivity index (χ0) is 18.5. The van der Waals surface area contributed by atoms with Crippen LogP contribution in [0.2, 0.25) is 0 Å². The number of likely N-dealkylation sites (tertiary alicyclic amines) is 1. The van der Waals surface area contributed by atoms with Crippen molar-refractivity contribution >= 4 is 5.91 Å². The number of carbonyl (C=O) groups is 1. The van der Waals surface area contributed by atoms with Crippen molar-refractivity contribution in [3.05, 3.63) is 23.8 Å². The lowest BCUT2D eigenvalue weighted by Crippen LogP contribution is -2.45. The number of rotatable bonds is 6. The minimum atomic E-state index is 0.163. The van der Waals surface area contributed by atoms with Gasteiger partial charge < -0.3 is 14.8 Å². The molecule has 144 valence electrons. The van der Waals surface area contributed by atoms with E-state index in [4.69, 9.17) is 9.47 Å². The van der Waals surface area contributed by atoms with Gasteiger partial charge in [0.15, 0.2) is 11.5 Å². The van der Waals surface area contributed by atoms with Crippen molar-refractivity contribution in [2.24, 2.45) is 5.92 Å². The highest BCUT2D eigenvalue weighted by Gasteiger charge is 2.30. The van der Waals surface area contributed by atoms with E-state index in [0.717, 1.165) is 37.3 Å². The highest BCUT2D eigenvalue weighted by Crippen LogP contribution is 2.36. The van der Waals surface area contributed by atoms with Gasteiger partial charge >= 0.3 is 0 Å². The van der Waals surface area contributed by atoms with Crippen LogP contribution in [0.5, 0.6) is 11.5 Å². The summed E-state index contributed by atoms with van der Waals surface area (Å²) in [6, 6.07) is 6.70. The molecule has 1 amide bonds. The molecule has 0 aromatic heterocycles. The zero-order valence-electron chi connectivity index (χ0n) is 16.3. The summed E-state index contributed by atoms with van der Waals surface area (Å²) in [5, 5.41) is 3.28. The lowest BCUT2D eigenvalue weighted by Gasteiger charge is -2.31. The molecule has 1 aliphatic heterocycles. The maximum Gasteiger partial charge on any atom is 0.234 e. The number of nitrogens with zero attached hydrogens (tertiary/aromatic N) is 1. The second kappa shape index (κ2) is 8.76. The summed E-state index contributed by atoms with van der Waals surface area (Å²) in [6.45, 7) is 3.70. The number of benzene rings is 1. The Kier molecular flexibility index (Phi) is 6.41. The molecule has 0 bridgehead atoms. The van der Waals surface area contributed by atoms with Crippen molar-refractivity contribution in [3.63, 3.8) is 0 Å². The highest BCUT2D eigenvalue weighted by molar-refractivity contribution is 5.78. The quantitative estimate of drug-likeness (QED) is 0.843. The fourth-order valence-corrected chi connectivity index (χ4v) is 4.42. The molecule has 3 unspecified atom stereocenters. The third kappa shape index (κ3) is 4.32. The first-order chi connectivity index (χ1) is 12.6. The third-order valence-corrected chi connectivity index (χ3v) is 5.96. The van der Waals surface area contributed by atoms with Gasteiger partial charge in [0.2, 0.25) is 5.91 Å². The van der Waals surface area contributed by atoms with Crippen LogP contribution in [0.1, 0.15) is 57.1 Å². The molecule has 1 saturated carbocycles. The molecule has 1 heterocycles. The molecule has 1 aromatic rings. The topological polar surface area (TPSA) is 50.8 Å². The summed E-state index contributed by atoms with van der Waals surface area (Å²) in [5.74, 6) is 2.24. The molecule has 2 fully saturated rings. The van der Waals surface area contributed by atoms with Crippen LogP contribution in [0, 0.1) is 5.92 Å². The summed E-state index contributed by atoms with van der Waals surface area (Å²) in [5.41, 5.74) is 1.19. The Hall–Kier alpha value is -1.75. The number of hydrogen-bond acceptors (Lipinski definition) is 4. The van der Waals surface area contributed by atoms with Gasteiger partial charge in [-0.15, -0.1) is 0 Å². The van der Waals surface area contributed by atoms with E-state index in [1.165, 1.54) is 24.8 Å². The van der Waals surface area contributed by atoms with Gasteiger partial charge in [0, 0.05) is 12.1 Å². The van der Waals surface area contributed by atoms with Crippen LogP contribution in [0.4, 0.5) is 0 Å². The maximum atomic E-state index is 12.6. The Morgan fingerprint density at radius 1 is 1.12 bits per heavy atom. The van der Waals surface area contributed by atoms with Gasteiger partial charge in [-0.3, -0.25) is 9.69 Å². The first kappa shape index (κ1) is 19.0. The Morgan fingerprint density at radius 2 is 1.88 bits per heavy atom. The van der Waals surface area contributed by atoms with Gasteiger partial charge in [0.1, 0.15) is 0 Å². The van der Waals surface area contributed by atoms with Crippen molar-refractivity contribution < 1.29 is 14.3 Å². The van der Waals surface area contributed by atoms with Crippen LogP contribution in [0.25, 0.3) is 0 Å². The molecular weight excluding hydrogens is 328 g/mol.